The summed E-state index contributed by atoms with van der Waals surface area (Å²) in [4.78, 5) is 24.2. The summed E-state index contributed by atoms with van der Waals surface area (Å²) in [5.41, 5.74) is 1.22. The van der Waals surface area contributed by atoms with Crippen LogP contribution in [-0.4, -0.2) is 35.5 Å². The summed E-state index contributed by atoms with van der Waals surface area (Å²) in [5.74, 6) is 1.41. The van der Waals surface area contributed by atoms with E-state index in [1.807, 2.05) is 33.8 Å². The Labute approximate surface area is 183 Å². The minimum absolute atomic E-state index is 0.00361. The van der Waals surface area contributed by atoms with E-state index in [4.69, 9.17) is 4.74 Å². The predicted octanol–water partition coefficient (Wildman–Crippen LogP) is 5.29. The molecule has 1 fully saturated rings. The van der Waals surface area contributed by atoms with E-state index in [1.165, 1.54) is 0 Å². The second-order valence-corrected chi connectivity index (χ2v) is 10.6. The first-order chi connectivity index (χ1) is 13.9. The number of ketones is 2. The second kappa shape index (κ2) is 9.08. The maximum absolute atomic E-state index is 12.1. The number of hydrogen-bond donors (Lipinski definition) is 1. The van der Waals surface area contributed by atoms with Gasteiger partial charge in [0.1, 0.15) is 0 Å². The third-order valence-electron chi connectivity index (χ3n) is 8.10. The van der Waals surface area contributed by atoms with Gasteiger partial charge in [-0.3, -0.25) is 9.59 Å². The second-order valence-electron chi connectivity index (χ2n) is 10.6. The molecule has 0 bridgehead atoms. The third-order valence-corrected chi connectivity index (χ3v) is 8.10. The van der Waals surface area contributed by atoms with Crippen molar-refractivity contribution in [2.24, 2.45) is 28.6 Å². The molecular weight excluding hydrogens is 376 g/mol. The Kier molecular flexibility index (Phi) is 7.57. The summed E-state index contributed by atoms with van der Waals surface area (Å²) in [6.07, 6.45) is 7.96. The lowest BCUT2D eigenvalue weighted by molar-refractivity contribution is -0.129. The molecule has 3 aliphatic rings. The molecule has 0 saturated carbocycles. The monoisotopic (exact) mass is 418 g/mol. The molecule has 170 valence electrons. The average molecular weight is 419 g/mol. The summed E-state index contributed by atoms with van der Waals surface area (Å²) in [6, 6.07) is 0. The molecule has 3 rings (SSSR count). The van der Waals surface area contributed by atoms with Gasteiger partial charge in [-0.15, -0.1) is 0 Å². The Bertz CT molecular complexity index is 717. The average Bonchev–Trinajstić information content (AvgIpc) is 3.48. The highest BCUT2D eigenvalue weighted by molar-refractivity contribution is 6.00. The van der Waals surface area contributed by atoms with E-state index < -0.39 is 0 Å². The van der Waals surface area contributed by atoms with Crippen molar-refractivity contribution < 1.29 is 19.4 Å². The highest BCUT2D eigenvalue weighted by Gasteiger charge is 2.57. The van der Waals surface area contributed by atoms with Gasteiger partial charge in [-0.1, -0.05) is 60.1 Å². The van der Waals surface area contributed by atoms with Crippen LogP contribution in [0, 0.1) is 28.6 Å². The number of carbonyl (C=O) groups excluding carboxylic acids is 2. The van der Waals surface area contributed by atoms with Gasteiger partial charge < -0.3 is 9.84 Å². The summed E-state index contributed by atoms with van der Waals surface area (Å²) in [6.45, 7) is 17.2. The lowest BCUT2D eigenvalue weighted by Crippen LogP contribution is -2.44. The first-order valence-corrected chi connectivity index (χ1v) is 11.6. The van der Waals surface area contributed by atoms with Crippen LogP contribution in [0.4, 0.5) is 0 Å². The molecule has 1 saturated heterocycles. The molecule has 0 aromatic rings. The molecule has 2 unspecified atom stereocenters. The maximum Gasteiger partial charge on any atom is 0.164 e. The fourth-order valence-electron chi connectivity index (χ4n) is 5.66. The Morgan fingerprint density at radius 1 is 1.00 bits per heavy atom. The normalized spacial score (nSPS) is 33.1. The maximum atomic E-state index is 12.1. The molecule has 0 aromatic carbocycles. The predicted molar refractivity (Wildman–Crippen MR) is 121 cm³/mol. The molecule has 1 N–H and O–H groups in total. The molecule has 1 aliphatic heterocycles. The number of aliphatic hydroxyl groups is 1. The molecule has 0 radical (unpaired) electrons. The summed E-state index contributed by atoms with van der Waals surface area (Å²) >= 11 is 0. The highest BCUT2D eigenvalue weighted by Crippen LogP contribution is 2.52. The van der Waals surface area contributed by atoms with E-state index in [-0.39, 0.29) is 40.7 Å². The van der Waals surface area contributed by atoms with Crippen LogP contribution < -0.4 is 0 Å². The SMILES string of the molecule is CCC(CO)[C@@H]1CC=C(C)C(=O)C1(C)C.CCC1([C@@H]2CC=C(C)C(=O)C2(C)C)CO1. The van der Waals surface area contributed by atoms with Crippen LogP contribution >= 0.6 is 0 Å². The van der Waals surface area contributed by atoms with Gasteiger partial charge in [0.15, 0.2) is 11.6 Å². The van der Waals surface area contributed by atoms with Crippen LogP contribution in [0.1, 0.15) is 81.1 Å². The highest BCUT2D eigenvalue weighted by atomic mass is 16.6. The van der Waals surface area contributed by atoms with E-state index in [2.05, 4.69) is 33.8 Å². The van der Waals surface area contributed by atoms with Gasteiger partial charge in [0.05, 0.1) is 12.2 Å². The number of ether oxygens (including phenoxy) is 1. The van der Waals surface area contributed by atoms with Crippen LogP contribution in [0.2, 0.25) is 0 Å². The molecule has 30 heavy (non-hydrogen) atoms. The Hall–Kier alpha value is -1.26. The van der Waals surface area contributed by atoms with Gasteiger partial charge >= 0.3 is 0 Å². The van der Waals surface area contributed by atoms with Crippen molar-refractivity contribution in [2.45, 2.75) is 86.7 Å². The number of aliphatic hydroxyl groups excluding tert-OH is 1. The van der Waals surface area contributed by atoms with Gasteiger partial charge in [-0.2, -0.15) is 0 Å². The Morgan fingerprint density at radius 3 is 1.93 bits per heavy atom. The van der Waals surface area contributed by atoms with Crippen LogP contribution in [0.25, 0.3) is 0 Å². The van der Waals surface area contributed by atoms with Crippen molar-refractivity contribution in [3.05, 3.63) is 23.3 Å². The third kappa shape index (κ3) is 4.50. The molecule has 2 aliphatic carbocycles. The molecule has 0 spiro atoms. The van der Waals surface area contributed by atoms with E-state index in [9.17, 15) is 14.7 Å². The number of carbonyl (C=O) groups is 2. The largest absolute Gasteiger partial charge is 0.396 e. The zero-order valence-electron chi connectivity index (χ0n) is 20.3. The standard InChI is InChI=1S/C13H20O2.C13H22O2/c1-5-13(8-15-13)10-7-6-9(2)11(14)12(10,3)4;1-5-10(8-14)11-7-6-9(2)12(15)13(11,3)4/h6,10H,5,7-8H2,1-4H3;6,10-11,14H,5,7-8H2,1-4H3/t10-,13?;10?,11-/m10/s1. The van der Waals surface area contributed by atoms with Crippen molar-refractivity contribution in [3.8, 4) is 0 Å². The lowest BCUT2D eigenvalue weighted by Gasteiger charge is -2.40. The van der Waals surface area contributed by atoms with Crippen LogP contribution in [0.15, 0.2) is 23.3 Å². The van der Waals surface area contributed by atoms with E-state index in [0.29, 0.717) is 11.7 Å². The Morgan fingerprint density at radius 2 is 1.50 bits per heavy atom. The molecule has 4 atom stereocenters. The van der Waals surface area contributed by atoms with Crippen LogP contribution in [0.3, 0.4) is 0 Å². The van der Waals surface area contributed by atoms with E-state index >= 15 is 0 Å². The fraction of sp³-hybridized carbons (Fsp3) is 0.769. The summed E-state index contributed by atoms with van der Waals surface area (Å²) in [7, 11) is 0. The minimum atomic E-state index is -0.317. The van der Waals surface area contributed by atoms with Crippen LogP contribution in [0.5, 0.6) is 0 Å². The molecule has 0 amide bonds. The first kappa shape index (κ1) is 25.0. The van der Waals surface area contributed by atoms with Gasteiger partial charge in [0.25, 0.3) is 0 Å². The van der Waals surface area contributed by atoms with Crippen LogP contribution in [-0.2, 0) is 14.3 Å². The number of rotatable bonds is 5. The van der Waals surface area contributed by atoms with Crippen molar-refractivity contribution in [1.29, 1.82) is 0 Å². The van der Waals surface area contributed by atoms with E-state index in [1.54, 1.807) is 0 Å². The molecule has 1 heterocycles. The summed E-state index contributed by atoms with van der Waals surface area (Å²) < 4.78 is 5.62. The van der Waals surface area contributed by atoms with Gasteiger partial charge in [-0.05, 0) is 56.1 Å². The number of allylic oxidation sites excluding steroid dienone is 4. The van der Waals surface area contributed by atoms with Gasteiger partial charge in [0, 0.05) is 23.4 Å². The fourth-order valence-corrected chi connectivity index (χ4v) is 5.66. The molecule has 4 nitrogen and oxygen atoms in total. The Balaban J connectivity index is 0.000000214. The molecule has 0 aromatic heterocycles. The number of hydrogen-bond acceptors (Lipinski definition) is 4. The van der Waals surface area contributed by atoms with Crippen molar-refractivity contribution in [2.75, 3.05) is 13.2 Å². The van der Waals surface area contributed by atoms with Crippen molar-refractivity contribution >= 4 is 11.6 Å². The smallest absolute Gasteiger partial charge is 0.164 e. The van der Waals surface area contributed by atoms with Crippen molar-refractivity contribution in [3.63, 3.8) is 0 Å². The van der Waals surface area contributed by atoms with Crippen molar-refractivity contribution in [1.82, 2.24) is 0 Å². The number of epoxide rings is 1. The molecule has 4 heteroatoms. The first-order valence-electron chi connectivity index (χ1n) is 11.6. The van der Waals surface area contributed by atoms with Gasteiger partial charge in [0.2, 0.25) is 0 Å². The van der Waals surface area contributed by atoms with Gasteiger partial charge in [-0.25, -0.2) is 0 Å². The lowest BCUT2D eigenvalue weighted by atomic mass is 9.63. The van der Waals surface area contributed by atoms with E-state index in [0.717, 1.165) is 43.4 Å². The molecular formula is C26H42O4. The number of Topliss-reactive ketones (excluding diaryl/α,β-unsaturated/α-hetero) is 2. The zero-order valence-corrected chi connectivity index (χ0v) is 20.3. The topological polar surface area (TPSA) is 66.9 Å². The zero-order chi connectivity index (χ0) is 22.9. The quantitative estimate of drug-likeness (QED) is 0.616. The minimum Gasteiger partial charge on any atom is -0.396 e. The summed E-state index contributed by atoms with van der Waals surface area (Å²) in [5, 5.41) is 9.33.